The average molecular weight is 390 g/mol. The van der Waals surface area contributed by atoms with E-state index in [9.17, 15) is 14.7 Å². The Hall–Kier alpha value is -1.71. The van der Waals surface area contributed by atoms with Crippen LogP contribution >= 0.6 is 11.6 Å². The number of aromatic nitrogens is 1. The van der Waals surface area contributed by atoms with E-state index in [4.69, 9.17) is 11.6 Å². The number of halogens is 1. The van der Waals surface area contributed by atoms with Gasteiger partial charge in [0.1, 0.15) is 0 Å². The molecule has 26 heavy (non-hydrogen) atoms. The van der Waals surface area contributed by atoms with Crippen LogP contribution in [0.1, 0.15) is 27.8 Å². The molecule has 0 atom stereocenters. The quantitative estimate of drug-likeness (QED) is 0.354. The Morgan fingerprint density at radius 1 is 1.00 bits per heavy atom. The fourth-order valence-electron chi connectivity index (χ4n) is 2.50. The molecule has 0 aliphatic rings. The second kappa shape index (κ2) is 10.4. The van der Waals surface area contributed by atoms with Crippen LogP contribution in [-0.2, 0) is 0 Å². The Labute approximate surface area is 176 Å². The molecular weight excluding hydrogens is 373 g/mol. The van der Waals surface area contributed by atoms with Gasteiger partial charge in [-0.2, -0.15) is 0 Å². The van der Waals surface area contributed by atoms with Crippen LogP contribution in [0.3, 0.4) is 0 Å². The number of aromatic carboxylic acids is 1. The summed E-state index contributed by atoms with van der Waals surface area (Å²) >= 11 is 5.89. The van der Waals surface area contributed by atoms with Crippen LogP contribution in [0, 0.1) is 0 Å². The Bertz CT molecular complexity index is 908. The standard InChI is InChI=1S/C17H12ClNO3.Na.3H2O/c1-10(20)16-15(11-2-5-13(18)6-3-11)8-14-7-4-12(17(21)22)9-19(14)16;;;;/h2-9H,1H3,(H,21,22);;3*1H2/q;+1;;;/p-1. The van der Waals surface area contributed by atoms with Crippen LogP contribution in [0.15, 0.2) is 48.7 Å². The maximum atomic E-state index is 12.1. The molecule has 0 saturated heterocycles. The molecule has 0 fully saturated rings. The Morgan fingerprint density at radius 3 is 2.08 bits per heavy atom. The predicted molar refractivity (Wildman–Crippen MR) is 93.0 cm³/mol. The summed E-state index contributed by atoms with van der Waals surface area (Å²) in [6, 6.07) is 12.1. The Balaban J connectivity index is 0. The van der Waals surface area contributed by atoms with Crippen LogP contribution in [0.25, 0.3) is 16.6 Å². The van der Waals surface area contributed by atoms with Gasteiger partial charge in [-0.15, -0.1) is 0 Å². The molecule has 0 aliphatic carbocycles. The van der Waals surface area contributed by atoms with Crippen molar-refractivity contribution in [3.05, 3.63) is 64.9 Å². The summed E-state index contributed by atoms with van der Waals surface area (Å²) in [6.07, 6.45) is 1.40. The van der Waals surface area contributed by atoms with Gasteiger partial charge in [-0.3, -0.25) is 4.79 Å². The molecule has 0 spiro atoms. The molecule has 0 bridgehead atoms. The van der Waals surface area contributed by atoms with Crippen molar-refractivity contribution in [2.75, 3.05) is 0 Å². The van der Waals surface area contributed by atoms with Gasteiger partial charge in [0.15, 0.2) is 5.78 Å². The molecule has 0 radical (unpaired) electrons. The number of rotatable bonds is 3. The fourth-order valence-corrected chi connectivity index (χ4v) is 2.62. The van der Waals surface area contributed by atoms with E-state index in [1.54, 1.807) is 22.6 Å². The van der Waals surface area contributed by atoms with Crippen molar-refractivity contribution in [2.45, 2.75) is 6.92 Å². The minimum Gasteiger partial charge on any atom is -0.545 e. The van der Waals surface area contributed by atoms with Gasteiger partial charge in [0.25, 0.3) is 0 Å². The molecule has 0 aliphatic heterocycles. The molecule has 134 valence electrons. The number of Topliss-reactive ketones (excluding diaryl/α,β-unsaturated/α-hetero) is 1. The summed E-state index contributed by atoms with van der Waals surface area (Å²) in [7, 11) is 0. The fraction of sp³-hybridized carbons (Fsp3) is 0.0588. The zero-order valence-corrected chi connectivity index (χ0v) is 16.9. The van der Waals surface area contributed by atoms with Crippen LogP contribution < -0.4 is 34.7 Å². The number of carbonyl (C=O) groups excluding carboxylic acids is 2. The van der Waals surface area contributed by atoms with Gasteiger partial charge in [-0.05, 0) is 35.9 Å². The van der Waals surface area contributed by atoms with E-state index < -0.39 is 5.97 Å². The number of carboxylic acids is 1. The summed E-state index contributed by atoms with van der Waals surface area (Å²) < 4.78 is 1.58. The van der Waals surface area contributed by atoms with E-state index >= 15 is 0 Å². The van der Waals surface area contributed by atoms with Gasteiger partial charge in [0.05, 0.1) is 11.7 Å². The molecule has 0 amide bonds. The van der Waals surface area contributed by atoms with Crippen molar-refractivity contribution in [1.29, 1.82) is 0 Å². The van der Waals surface area contributed by atoms with E-state index in [2.05, 4.69) is 0 Å². The first-order chi connectivity index (χ1) is 10.5. The third-order valence-corrected chi connectivity index (χ3v) is 3.74. The normalized spacial score (nSPS) is 9.15. The molecule has 3 rings (SSSR count). The molecule has 2 aromatic heterocycles. The van der Waals surface area contributed by atoms with Crippen LogP contribution in [0.4, 0.5) is 0 Å². The predicted octanol–water partition coefficient (Wildman–Crippen LogP) is -2.64. The van der Waals surface area contributed by atoms with Crippen molar-refractivity contribution in [2.24, 2.45) is 0 Å². The number of hydrogen-bond acceptors (Lipinski definition) is 3. The molecule has 6 N–H and O–H groups in total. The van der Waals surface area contributed by atoms with E-state index in [-0.39, 0.29) is 57.3 Å². The summed E-state index contributed by atoms with van der Waals surface area (Å²) in [6.45, 7) is 1.45. The second-order valence-corrected chi connectivity index (χ2v) is 5.41. The molecule has 0 saturated carbocycles. The summed E-state index contributed by atoms with van der Waals surface area (Å²) in [5.41, 5.74) is 2.77. The van der Waals surface area contributed by atoms with Crippen LogP contribution in [0.5, 0.6) is 0 Å². The van der Waals surface area contributed by atoms with Crippen LogP contribution in [-0.4, -0.2) is 32.6 Å². The third kappa shape index (κ3) is 4.93. The van der Waals surface area contributed by atoms with Gasteiger partial charge in [-0.25, -0.2) is 0 Å². The number of fused-ring (bicyclic) bond motifs is 1. The van der Waals surface area contributed by atoms with Gasteiger partial charge < -0.3 is 30.7 Å². The molecule has 0 unspecified atom stereocenters. The zero-order chi connectivity index (χ0) is 15.9. The third-order valence-electron chi connectivity index (χ3n) is 3.49. The van der Waals surface area contributed by atoms with Crippen LogP contribution in [0.2, 0.25) is 5.02 Å². The van der Waals surface area contributed by atoms with E-state index in [0.29, 0.717) is 10.7 Å². The first kappa shape index (κ1) is 26.5. The summed E-state index contributed by atoms with van der Waals surface area (Å²) in [5.74, 6) is -1.43. The number of carbonyl (C=O) groups is 2. The number of pyridine rings is 1. The molecule has 2 heterocycles. The smallest absolute Gasteiger partial charge is 0.545 e. The van der Waals surface area contributed by atoms with Crippen molar-refractivity contribution in [3.8, 4) is 11.1 Å². The Kier molecular flexibility index (Phi) is 10.6. The topological polar surface area (TPSA) is 156 Å². The van der Waals surface area contributed by atoms with Crippen molar-refractivity contribution in [1.82, 2.24) is 4.40 Å². The monoisotopic (exact) mass is 389 g/mol. The van der Waals surface area contributed by atoms with Crippen molar-refractivity contribution < 1.29 is 60.7 Å². The van der Waals surface area contributed by atoms with Gasteiger partial charge >= 0.3 is 29.6 Å². The molecular formula is C17H17ClNNaO6. The first-order valence-electron chi connectivity index (χ1n) is 6.60. The largest absolute Gasteiger partial charge is 1.00 e. The number of carboxylic acid groups (broad SMARTS) is 1. The number of hydrogen-bond donors (Lipinski definition) is 0. The average Bonchev–Trinajstić information content (AvgIpc) is 2.86. The first-order valence-corrected chi connectivity index (χ1v) is 6.98. The minimum atomic E-state index is -1.28. The number of benzene rings is 1. The molecule has 1 aromatic carbocycles. The second-order valence-electron chi connectivity index (χ2n) is 4.97. The maximum absolute atomic E-state index is 12.1. The van der Waals surface area contributed by atoms with E-state index in [1.807, 2.05) is 18.2 Å². The van der Waals surface area contributed by atoms with Gasteiger partial charge in [-0.1, -0.05) is 23.7 Å². The molecule has 3 aromatic rings. The van der Waals surface area contributed by atoms with Gasteiger partial charge in [0.2, 0.25) is 0 Å². The zero-order valence-electron chi connectivity index (χ0n) is 14.2. The molecule has 7 nitrogen and oxygen atoms in total. The van der Waals surface area contributed by atoms with Gasteiger partial charge in [0, 0.05) is 34.8 Å². The molecule has 9 heteroatoms. The number of ketones is 1. The van der Waals surface area contributed by atoms with E-state index in [0.717, 1.165) is 16.6 Å². The SMILES string of the molecule is CC(=O)c1c(-c2ccc(Cl)cc2)cc2ccc(C(=O)[O-])cn12.O.O.O.[Na+]. The van der Waals surface area contributed by atoms with Crippen molar-refractivity contribution in [3.63, 3.8) is 0 Å². The summed E-state index contributed by atoms with van der Waals surface area (Å²) in [5, 5.41) is 11.6. The summed E-state index contributed by atoms with van der Waals surface area (Å²) in [4.78, 5) is 23.1. The maximum Gasteiger partial charge on any atom is 1.00 e. The Morgan fingerprint density at radius 2 is 1.58 bits per heavy atom. The van der Waals surface area contributed by atoms with E-state index in [1.165, 1.54) is 19.2 Å². The van der Waals surface area contributed by atoms with Crippen molar-refractivity contribution >= 4 is 28.9 Å². The number of nitrogens with zero attached hydrogens (tertiary/aromatic N) is 1. The minimum absolute atomic E-state index is 0.